The van der Waals surface area contributed by atoms with Gasteiger partial charge in [-0.25, -0.2) is 4.79 Å². The molecule has 0 aromatic heterocycles. The van der Waals surface area contributed by atoms with Crippen molar-refractivity contribution in [3.8, 4) is 5.75 Å². The van der Waals surface area contributed by atoms with E-state index in [-0.39, 0.29) is 12.6 Å². The van der Waals surface area contributed by atoms with Crippen molar-refractivity contribution in [3.05, 3.63) is 88.9 Å². The average molecular weight is 409 g/mol. The highest BCUT2D eigenvalue weighted by molar-refractivity contribution is 9.10. The first kappa shape index (κ1) is 16.9. The van der Waals surface area contributed by atoms with E-state index in [9.17, 15) is 4.79 Å². The summed E-state index contributed by atoms with van der Waals surface area (Å²) in [5.41, 5.74) is 0.508. The fourth-order valence-corrected chi connectivity index (χ4v) is 3.56. The molecule has 0 radical (unpaired) electrons. The number of ether oxygens (including phenoxy) is 2. The lowest BCUT2D eigenvalue weighted by molar-refractivity contribution is -0.150. The molecule has 3 aromatic rings. The zero-order valence-electron chi connectivity index (χ0n) is 14.1. The van der Waals surface area contributed by atoms with Gasteiger partial charge in [0.2, 0.25) is 0 Å². The molecule has 1 saturated heterocycles. The van der Waals surface area contributed by atoms with Crippen LogP contribution in [0.3, 0.4) is 0 Å². The van der Waals surface area contributed by atoms with Crippen molar-refractivity contribution in [2.75, 3.05) is 6.61 Å². The third kappa shape index (κ3) is 3.01. The fourth-order valence-electron chi connectivity index (χ4n) is 3.30. The minimum absolute atomic E-state index is 0.230. The Kier molecular flexibility index (Phi) is 4.29. The van der Waals surface area contributed by atoms with E-state index in [4.69, 9.17) is 9.47 Å². The van der Waals surface area contributed by atoms with E-state index in [1.807, 2.05) is 66.7 Å². The van der Waals surface area contributed by atoms with Gasteiger partial charge in [-0.15, -0.1) is 0 Å². The summed E-state index contributed by atoms with van der Waals surface area (Å²) >= 11 is 3.44. The predicted octanol–water partition coefficient (Wildman–Crippen LogP) is 5.38. The van der Waals surface area contributed by atoms with E-state index in [1.165, 1.54) is 0 Å². The molecule has 1 atom stereocenters. The molecule has 1 aliphatic heterocycles. The Morgan fingerprint density at radius 2 is 1.77 bits per heavy atom. The minimum Gasteiger partial charge on any atom is -0.488 e. The molecule has 1 heterocycles. The summed E-state index contributed by atoms with van der Waals surface area (Å²) in [7, 11) is 0. The van der Waals surface area contributed by atoms with Crippen molar-refractivity contribution in [3.63, 3.8) is 0 Å². The molecule has 0 N–H and O–H groups in total. The van der Waals surface area contributed by atoms with Crippen molar-refractivity contribution >= 4 is 32.7 Å². The van der Waals surface area contributed by atoms with E-state index in [2.05, 4.69) is 22.5 Å². The van der Waals surface area contributed by atoms with Gasteiger partial charge in [0.1, 0.15) is 12.4 Å². The van der Waals surface area contributed by atoms with Crippen LogP contribution in [0.1, 0.15) is 12.0 Å². The number of esters is 1. The average Bonchev–Trinajstić information content (AvgIpc) is 2.95. The minimum atomic E-state index is -0.855. The first-order valence-electron chi connectivity index (χ1n) is 8.35. The summed E-state index contributed by atoms with van der Waals surface area (Å²) in [5.74, 6) is 0.405. The molecule has 1 aliphatic rings. The van der Waals surface area contributed by atoms with Crippen LogP contribution in [0.15, 0.2) is 83.4 Å². The van der Waals surface area contributed by atoms with Crippen molar-refractivity contribution in [1.29, 1.82) is 0 Å². The number of halogens is 1. The lowest BCUT2D eigenvalue weighted by Crippen LogP contribution is -2.33. The molecule has 3 nitrogen and oxygen atoms in total. The van der Waals surface area contributed by atoms with Gasteiger partial charge in [-0.05, 0) is 29.1 Å². The topological polar surface area (TPSA) is 35.5 Å². The monoisotopic (exact) mass is 408 g/mol. The molecular weight excluding hydrogens is 392 g/mol. The third-order valence-corrected chi connectivity index (χ3v) is 5.19. The molecule has 26 heavy (non-hydrogen) atoms. The second kappa shape index (κ2) is 6.61. The number of rotatable bonds is 4. The molecule has 130 valence electrons. The van der Waals surface area contributed by atoms with E-state index in [1.54, 1.807) is 0 Å². The third-order valence-electron chi connectivity index (χ3n) is 4.66. The van der Waals surface area contributed by atoms with Gasteiger partial charge < -0.3 is 9.47 Å². The SMILES string of the molecule is C=C1CC(COc2cccc3ccccc23)(c2ccc(Br)cc2)OC1=O. The largest absolute Gasteiger partial charge is 0.488 e. The molecule has 0 aliphatic carbocycles. The first-order chi connectivity index (χ1) is 12.6. The van der Waals surface area contributed by atoms with E-state index >= 15 is 0 Å². The van der Waals surface area contributed by atoms with Crippen LogP contribution in [0.5, 0.6) is 5.75 Å². The van der Waals surface area contributed by atoms with Crippen LogP contribution in [0.4, 0.5) is 0 Å². The van der Waals surface area contributed by atoms with Crippen LogP contribution >= 0.6 is 15.9 Å². The van der Waals surface area contributed by atoms with E-state index < -0.39 is 5.60 Å². The summed E-state index contributed by atoms with van der Waals surface area (Å²) in [5, 5.41) is 2.14. The zero-order valence-corrected chi connectivity index (χ0v) is 15.7. The molecule has 0 spiro atoms. The Labute approximate surface area is 160 Å². The number of hydrogen-bond donors (Lipinski definition) is 0. The number of carbonyl (C=O) groups excluding carboxylic acids is 1. The van der Waals surface area contributed by atoms with Gasteiger partial charge >= 0.3 is 5.97 Å². The van der Waals surface area contributed by atoms with Crippen molar-refractivity contribution < 1.29 is 14.3 Å². The molecule has 4 heteroatoms. The fraction of sp³-hybridized carbons (Fsp3) is 0.136. The van der Waals surface area contributed by atoms with Gasteiger partial charge in [0.05, 0.1) is 0 Å². The van der Waals surface area contributed by atoms with Crippen LogP contribution in [-0.2, 0) is 15.1 Å². The maximum Gasteiger partial charge on any atom is 0.334 e. The predicted molar refractivity (Wildman–Crippen MR) is 105 cm³/mol. The Bertz CT molecular complexity index is 970. The number of benzene rings is 3. The molecule has 1 fully saturated rings. The number of carbonyl (C=O) groups is 1. The smallest absolute Gasteiger partial charge is 0.334 e. The Morgan fingerprint density at radius 1 is 1.04 bits per heavy atom. The highest BCUT2D eigenvalue weighted by Crippen LogP contribution is 2.40. The van der Waals surface area contributed by atoms with Gasteiger partial charge in [-0.2, -0.15) is 0 Å². The van der Waals surface area contributed by atoms with Crippen LogP contribution in [0.2, 0.25) is 0 Å². The Balaban J connectivity index is 1.68. The van der Waals surface area contributed by atoms with Crippen molar-refractivity contribution in [2.45, 2.75) is 12.0 Å². The molecule has 3 aromatic carbocycles. The number of fused-ring (bicyclic) bond motifs is 1. The highest BCUT2D eigenvalue weighted by Gasteiger charge is 2.45. The summed E-state index contributed by atoms with van der Waals surface area (Å²) in [6.07, 6.45) is 0.415. The highest BCUT2D eigenvalue weighted by atomic mass is 79.9. The van der Waals surface area contributed by atoms with Gasteiger partial charge in [-0.3, -0.25) is 0 Å². The Hall–Kier alpha value is -2.59. The van der Waals surface area contributed by atoms with E-state index in [0.717, 1.165) is 26.6 Å². The van der Waals surface area contributed by atoms with Gasteiger partial charge in [0, 0.05) is 21.9 Å². The lowest BCUT2D eigenvalue weighted by atomic mass is 9.90. The van der Waals surface area contributed by atoms with Crippen LogP contribution in [-0.4, -0.2) is 12.6 Å². The van der Waals surface area contributed by atoms with E-state index in [0.29, 0.717) is 12.0 Å². The van der Waals surface area contributed by atoms with Crippen LogP contribution < -0.4 is 4.74 Å². The second-order valence-electron chi connectivity index (χ2n) is 6.44. The molecule has 4 rings (SSSR count). The summed E-state index contributed by atoms with van der Waals surface area (Å²) < 4.78 is 12.9. The van der Waals surface area contributed by atoms with Gasteiger partial charge in [0.25, 0.3) is 0 Å². The molecular formula is C22H17BrO3. The normalized spacial score (nSPS) is 19.6. The summed E-state index contributed by atoms with van der Waals surface area (Å²) in [6.45, 7) is 4.07. The van der Waals surface area contributed by atoms with Crippen LogP contribution in [0, 0.1) is 0 Å². The summed E-state index contributed by atoms with van der Waals surface area (Å²) in [6, 6.07) is 21.8. The van der Waals surface area contributed by atoms with Crippen molar-refractivity contribution in [2.24, 2.45) is 0 Å². The zero-order chi connectivity index (χ0) is 18.1. The van der Waals surface area contributed by atoms with Crippen molar-refractivity contribution in [1.82, 2.24) is 0 Å². The summed E-state index contributed by atoms with van der Waals surface area (Å²) in [4.78, 5) is 12.1. The molecule has 1 unspecified atom stereocenters. The standard InChI is InChI=1S/C22H17BrO3/c1-15-13-22(26-21(15)24,17-9-11-18(23)12-10-17)14-25-20-8-4-6-16-5-2-3-7-19(16)20/h2-12H,1,13-14H2. The molecule has 0 saturated carbocycles. The number of hydrogen-bond acceptors (Lipinski definition) is 3. The molecule has 0 amide bonds. The molecule has 0 bridgehead atoms. The lowest BCUT2D eigenvalue weighted by Gasteiger charge is -2.28. The Morgan fingerprint density at radius 3 is 2.50 bits per heavy atom. The first-order valence-corrected chi connectivity index (χ1v) is 9.14. The van der Waals surface area contributed by atoms with Gasteiger partial charge in [0.15, 0.2) is 5.60 Å². The maximum absolute atomic E-state index is 12.1. The number of cyclic esters (lactones) is 1. The second-order valence-corrected chi connectivity index (χ2v) is 7.35. The van der Waals surface area contributed by atoms with Gasteiger partial charge in [-0.1, -0.05) is 71.0 Å². The van der Waals surface area contributed by atoms with Crippen LogP contribution in [0.25, 0.3) is 10.8 Å². The maximum atomic E-state index is 12.1. The quantitative estimate of drug-likeness (QED) is 0.429.